The number of ether oxygens (including phenoxy) is 1. The van der Waals surface area contributed by atoms with Crippen LogP contribution >= 0.6 is 0 Å². The summed E-state index contributed by atoms with van der Waals surface area (Å²) in [4.78, 5) is 26.3. The number of hydrogen-bond donors (Lipinski definition) is 1. The molecule has 0 radical (unpaired) electrons. The zero-order valence-electron chi connectivity index (χ0n) is 22.6. The summed E-state index contributed by atoms with van der Waals surface area (Å²) < 4.78 is 36.0. The molecule has 39 heavy (non-hydrogen) atoms. The molecule has 4 heterocycles. The van der Waals surface area contributed by atoms with Gasteiger partial charge in [-0.2, -0.15) is 12.7 Å². The van der Waals surface area contributed by atoms with Crippen molar-refractivity contribution in [3.8, 4) is 17.0 Å². The van der Waals surface area contributed by atoms with Gasteiger partial charge in [0.1, 0.15) is 11.5 Å². The maximum atomic E-state index is 13.0. The Labute approximate surface area is 229 Å². The number of fused-ring (bicyclic) bond motifs is 4. The third kappa shape index (κ3) is 4.52. The quantitative estimate of drug-likeness (QED) is 0.405. The average Bonchev–Trinajstić information content (AvgIpc) is 3.19. The van der Waals surface area contributed by atoms with Crippen LogP contribution in [-0.4, -0.2) is 87.3 Å². The van der Waals surface area contributed by atoms with Gasteiger partial charge in [0.05, 0.1) is 29.4 Å². The van der Waals surface area contributed by atoms with E-state index in [1.807, 2.05) is 39.5 Å². The molecule has 1 unspecified atom stereocenters. The summed E-state index contributed by atoms with van der Waals surface area (Å²) in [5, 5.41) is 0.953. The highest BCUT2D eigenvalue weighted by Gasteiger charge is 2.54. The molecule has 0 amide bonds. The van der Waals surface area contributed by atoms with Gasteiger partial charge < -0.3 is 14.5 Å². The van der Waals surface area contributed by atoms with Crippen LogP contribution < -0.4 is 14.4 Å². The van der Waals surface area contributed by atoms with Gasteiger partial charge in [0.25, 0.3) is 0 Å². The summed E-state index contributed by atoms with van der Waals surface area (Å²) in [6, 6.07) is 7.74. The number of likely N-dealkylation sites (N-methyl/N-ethyl adjacent to an activating group) is 1. The van der Waals surface area contributed by atoms with Crippen LogP contribution in [0.2, 0.25) is 0 Å². The molecular weight excluding hydrogens is 516 g/mol. The maximum Gasteiger partial charge on any atom is 0.301 e. The third-order valence-electron chi connectivity index (χ3n) is 8.12. The monoisotopic (exact) mass is 550 g/mol. The van der Waals surface area contributed by atoms with E-state index in [1.165, 1.54) is 4.31 Å². The Hall–Kier alpha value is -3.28. The van der Waals surface area contributed by atoms with Crippen molar-refractivity contribution in [1.29, 1.82) is 0 Å². The fourth-order valence-electron chi connectivity index (χ4n) is 5.76. The van der Waals surface area contributed by atoms with Gasteiger partial charge in [0.2, 0.25) is 5.88 Å². The van der Waals surface area contributed by atoms with Crippen molar-refractivity contribution in [2.24, 2.45) is 0 Å². The second-order valence-corrected chi connectivity index (χ2v) is 12.7. The number of nitrogens with one attached hydrogen (secondary N) is 1. The van der Waals surface area contributed by atoms with Gasteiger partial charge in [0.15, 0.2) is 0 Å². The first kappa shape index (κ1) is 26.0. The minimum atomic E-state index is -3.71. The van der Waals surface area contributed by atoms with Gasteiger partial charge in [-0.15, -0.1) is 0 Å². The number of nitrogens with zero attached hydrogens (tertiary/aromatic N) is 5. The predicted molar refractivity (Wildman–Crippen MR) is 152 cm³/mol. The highest BCUT2D eigenvalue weighted by Crippen LogP contribution is 2.52. The number of hydrogen-bond acceptors (Lipinski definition) is 8. The topological polar surface area (TPSA) is 108 Å². The third-order valence-corrected chi connectivity index (χ3v) is 9.65. The second-order valence-electron chi connectivity index (χ2n) is 11.1. The minimum absolute atomic E-state index is 0.255. The Bertz CT molecular complexity index is 1560. The summed E-state index contributed by atoms with van der Waals surface area (Å²) in [5.41, 5.74) is 4.34. The van der Waals surface area contributed by atoms with E-state index in [0.29, 0.717) is 38.3 Å². The number of aromatic nitrogens is 2. The molecule has 1 saturated heterocycles. The molecule has 1 N–H and O–H groups in total. The first-order valence-electron chi connectivity index (χ1n) is 13.4. The van der Waals surface area contributed by atoms with Crippen LogP contribution in [0.5, 0.6) is 5.88 Å². The molecule has 11 heteroatoms. The van der Waals surface area contributed by atoms with Crippen molar-refractivity contribution in [3.63, 3.8) is 0 Å². The van der Waals surface area contributed by atoms with Crippen molar-refractivity contribution >= 4 is 38.3 Å². The molecule has 2 aliphatic heterocycles. The number of carbonyl (C=O) groups excluding carboxylic acids is 1. The smallest absolute Gasteiger partial charge is 0.301 e. The van der Waals surface area contributed by atoms with Crippen LogP contribution in [0.1, 0.15) is 31.2 Å². The van der Waals surface area contributed by atoms with Gasteiger partial charge in [0, 0.05) is 62.4 Å². The van der Waals surface area contributed by atoms with Crippen LogP contribution in [0, 0.1) is 0 Å². The Morgan fingerprint density at radius 1 is 1.13 bits per heavy atom. The van der Waals surface area contributed by atoms with E-state index < -0.39 is 15.6 Å². The first-order chi connectivity index (χ1) is 18.7. The number of ketones is 1. The lowest BCUT2D eigenvalue weighted by Gasteiger charge is -2.37. The Kier molecular flexibility index (Phi) is 6.47. The number of benzene rings is 1. The largest absolute Gasteiger partial charge is 0.476 e. The van der Waals surface area contributed by atoms with Crippen molar-refractivity contribution in [2.75, 3.05) is 63.6 Å². The molecule has 206 valence electrons. The molecule has 1 spiro atoms. The van der Waals surface area contributed by atoms with E-state index in [0.717, 1.165) is 59.1 Å². The molecule has 1 saturated carbocycles. The molecule has 10 nitrogen and oxygen atoms in total. The van der Waals surface area contributed by atoms with E-state index >= 15 is 0 Å². The Morgan fingerprint density at radius 2 is 1.95 bits per heavy atom. The summed E-state index contributed by atoms with van der Waals surface area (Å²) in [5.74, 6) is 0.539. The highest BCUT2D eigenvalue weighted by molar-refractivity contribution is 7.90. The van der Waals surface area contributed by atoms with E-state index in [2.05, 4.69) is 30.6 Å². The molecule has 1 aromatic carbocycles. The van der Waals surface area contributed by atoms with E-state index in [-0.39, 0.29) is 11.7 Å². The van der Waals surface area contributed by atoms with E-state index in [1.54, 1.807) is 12.3 Å². The maximum absolute atomic E-state index is 13.0. The van der Waals surface area contributed by atoms with Crippen LogP contribution in [0.3, 0.4) is 0 Å². The van der Waals surface area contributed by atoms with Crippen molar-refractivity contribution in [2.45, 2.75) is 31.1 Å². The molecule has 6 rings (SSSR count). The number of Topliss-reactive ketones (excluding diaryl/α,β-unsaturated/α-hetero) is 1. The van der Waals surface area contributed by atoms with Gasteiger partial charge >= 0.3 is 10.2 Å². The van der Waals surface area contributed by atoms with E-state index in [9.17, 15) is 13.2 Å². The van der Waals surface area contributed by atoms with Crippen molar-refractivity contribution in [3.05, 3.63) is 42.2 Å². The molecule has 1 atom stereocenters. The number of pyridine rings is 2. The number of anilines is 2. The summed E-state index contributed by atoms with van der Waals surface area (Å²) in [6.45, 7) is 2.94. The lowest BCUT2D eigenvalue weighted by Crippen LogP contribution is -2.48. The molecular formula is C28H34N6O4S. The standard InChI is InChI=1S/C28H34N6O4S/c1-32(2)10-5-13-38-27-23(31-39(36,37)34-11-4-12-34)15-20(16-30-27)19-6-7-22-21(14-19)26-24(17-29-22)33(3)18-28(26)9-8-25(28)35/h6-7,14-17,31H,4-5,8-13,18H2,1-3H3. The summed E-state index contributed by atoms with van der Waals surface area (Å²) in [7, 11) is 2.29. The Morgan fingerprint density at radius 3 is 2.62 bits per heavy atom. The summed E-state index contributed by atoms with van der Waals surface area (Å²) in [6.07, 6.45) is 6.66. The average molecular weight is 551 g/mol. The molecule has 2 fully saturated rings. The van der Waals surface area contributed by atoms with Crippen LogP contribution in [0.4, 0.5) is 11.4 Å². The van der Waals surface area contributed by atoms with Gasteiger partial charge in [-0.3, -0.25) is 14.5 Å². The molecule has 0 bridgehead atoms. The second kappa shape index (κ2) is 9.72. The zero-order chi connectivity index (χ0) is 27.4. The SMILES string of the molecule is CN(C)CCCOc1ncc(-c2ccc3ncc4c(c3c2)C2(CCC2=O)CN4C)cc1NS(=O)(=O)N1CCC1. The lowest BCUT2D eigenvalue weighted by atomic mass is 9.64. The number of rotatable bonds is 9. The highest BCUT2D eigenvalue weighted by atomic mass is 32.2. The zero-order valence-corrected chi connectivity index (χ0v) is 23.4. The fraction of sp³-hybridized carbons (Fsp3) is 0.464. The minimum Gasteiger partial charge on any atom is -0.476 e. The first-order valence-corrected chi connectivity index (χ1v) is 14.9. The summed E-state index contributed by atoms with van der Waals surface area (Å²) >= 11 is 0. The fourth-order valence-corrected chi connectivity index (χ4v) is 7.05. The van der Waals surface area contributed by atoms with Crippen molar-refractivity contribution < 1.29 is 17.9 Å². The van der Waals surface area contributed by atoms with Gasteiger partial charge in [-0.1, -0.05) is 6.07 Å². The normalized spacial score (nSPS) is 20.8. The molecule has 3 aromatic rings. The van der Waals surface area contributed by atoms with Gasteiger partial charge in [-0.25, -0.2) is 4.98 Å². The van der Waals surface area contributed by atoms with Crippen LogP contribution in [0.25, 0.3) is 22.0 Å². The van der Waals surface area contributed by atoms with Crippen molar-refractivity contribution in [1.82, 2.24) is 19.2 Å². The Balaban J connectivity index is 1.38. The lowest BCUT2D eigenvalue weighted by molar-refractivity contribution is -0.130. The van der Waals surface area contributed by atoms with Crippen LogP contribution in [0.15, 0.2) is 36.7 Å². The van der Waals surface area contributed by atoms with Gasteiger partial charge in [-0.05, 0) is 57.1 Å². The van der Waals surface area contributed by atoms with Crippen LogP contribution in [-0.2, 0) is 20.4 Å². The molecule has 3 aliphatic rings. The van der Waals surface area contributed by atoms with E-state index in [4.69, 9.17) is 4.74 Å². The predicted octanol–water partition coefficient (Wildman–Crippen LogP) is 3.04. The molecule has 1 aliphatic carbocycles. The molecule has 2 aromatic heterocycles. The number of carbonyl (C=O) groups is 1.